The monoisotopic (exact) mass is 324 g/mol. The molecule has 3 atom stereocenters. The molecule has 1 aromatic rings. The average molecular weight is 325 g/mol. The maximum absolute atomic E-state index is 12.6. The molecule has 0 radical (unpaired) electrons. The van der Waals surface area contributed by atoms with Crippen LogP contribution in [0.25, 0.3) is 0 Å². The molecular formula is C17H25ClN2O2. The average Bonchev–Trinajstić information content (AvgIpc) is 2.76. The third kappa shape index (κ3) is 3.29. The lowest BCUT2D eigenvalue weighted by atomic mass is 9.94. The number of carbonyl (C=O) groups is 1. The minimum absolute atomic E-state index is 0. The van der Waals surface area contributed by atoms with Crippen molar-refractivity contribution in [1.29, 1.82) is 0 Å². The molecule has 22 heavy (non-hydrogen) atoms. The minimum Gasteiger partial charge on any atom is -0.381 e. The predicted octanol–water partition coefficient (Wildman–Crippen LogP) is 2.11. The van der Waals surface area contributed by atoms with Gasteiger partial charge in [-0.25, -0.2) is 0 Å². The van der Waals surface area contributed by atoms with Crippen LogP contribution in [0.3, 0.4) is 0 Å². The fourth-order valence-electron chi connectivity index (χ4n) is 3.89. The number of amides is 1. The van der Waals surface area contributed by atoms with Crippen LogP contribution in [0.2, 0.25) is 0 Å². The van der Waals surface area contributed by atoms with Crippen molar-refractivity contribution in [3.05, 3.63) is 35.4 Å². The molecule has 2 N–H and O–H groups in total. The number of rotatable bonds is 4. The molecule has 0 spiro atoms. The summed E-state index contributed by atoms with van der Waals surface area (Å²) in [5.74, 6) is 1.17. The highest BCUT2D eigenvalue weighted by Gasteiger charge is 2.43. The first-order chi connectivity index (χ1) is 10.2. The second-order valence-electron chi connectivity index (χ2n) is 6.24. The van der Waals surface area contributed by atoms with Gasteiger partial charge in [-0.05, 0) is 43.5 Å². The Balaban J connectivity index is 0.00000176. The van der Waals surface area contributed by atoms with E-state index in [1.165, 1.54) is 18.4 Å². The number of likely N-dealkylation sites (tertiary alicyclic amines) is 1. The molecule has 1 saturated carbocycles. The third-order valence-corrected chi connectivity index (χ3v) is 4.94. The van der Waals surface area contributed by atoms with Gasteiger partial charge in [0.1, 0.15) is 0 Å². The van der Waals surface area contributed by atoms with E-state index in [-0.39, 0.29) is 18.3 Å². The molecule has 0 aromatic heterocycles. The van der Waals surface area contributed by atoms with Crippen molar-refractivity contribution < 1.29 is 9.53 Å². The van der Waals surface area contributed by atoms with E-state index in [2.05, 4.69) is 0 Å². The summed E-state index contributed by atoms with van der Waals surface area (Å²) >= 11 is 0. The van der Waals surface area contributed by atoms with Crippen molar-refractivity contribution in [1.82, 2.24) is 4.90 Å². The van der Waals surface area contributed by atoms with Crippen LogP contribution in [0.15, 0.2) is 24.3 Å². The molecule has 2 aliphatic rings. The first-order valence-electron chi connectivity index (χ1n) is 7.84. The van der Waals surface area contributed by atoms with Crippen LogP contribution in [0.4, 0.5) is 0 Å². The van der Waals surface area contributed by atoms with Crippen LogP contribution in [0.5, 0.6) is 0 Å². The van der Waals surface area contributed by atoms with E-state index in [1.807, 2.05) is 29.2 Å². The summed E-state index contributed by atoms with van der Waals surface area (Å²) in [6.45, 7) is 2.30. The van der Waals surface area contributed by atoms with E-state index in [0.29, 0.717) is 24.5 Å². The highest BCUT2D eigenvalue weighted by Crippen LogP contribution is 2.38. The number of piperidine rings is 1. The number of nitrogens with two attached hydrogens (primary N) is 1. The zero-order valence-electron chi connectivity index (χ0n) is 13.0. The second-order valence-corrected chi connectivity index (χ2v) is 6.24. The fourth-order valence-corrected chi connectivity index (χ4v) is 3.89. The molecule has 2 bridgehead atoms. The number of hydrogen-bond acceptors (Lipinski definition) is 3. The number of benzene rings is 1. The van der Waals surface area contributed by atoms with Crippen molar-refractivity contribution in [2.75, 3.05) is 26.7 Å². The molecule has 3 rings (SSSR count). The van der Waals surface area contributed by atoms with E-state index in [0.717, 1.165) is 25.1 Å². The van der Waals surface area contributed by atoms with Crippen molar-refractivity contribution >= 4 is 18.3 Å². The topological polar surface area (TPSA) is 55.6 Å². The van der Waals surface area contributed by atoms with Gasteiger partial charge in [-0.15, -0.1) is 12.4 Å². The van der Waals surface area contributed by atoms with Gasteiger partial charge in [-0.3, -0.25) is 4.79 Å². The Labute approximate surface area is 138 Å². The Kier molecular flexibility index (Phi) is 5.84. The largest absolute Gasteiger partial charge is 0.381 e. The minimum atomic E-state index is 0. The molecule has 1 aromatic carbocycles. The lowest BCUT2D eigenvalue weighted by molar-refractivity contribution is -0.0113. The van der Waals surface area contributed by atoms with Crippen molar-refractivity contribution in [3.8, 4) is 0 Å². The van der Waals surface area contributed by atoms with Crippen molar-refractivity contribution in [3.63, 3.8) is 0 Å². The zero-order chi connectivity index (χ0) is 14.8. The Bertz CT molecular complexity index is 492. The molecule has 122 valence electrons. The molecular weight excluding hydrogens is 300 g/mol. The molecule has 1 aliphatic heterocycles. The zero-order valence-corrected chi connectivity index (χ0v) is 13.8. The first kappa shape index (κ1) is 17.3. The Hall–Kier alpha value is -1.10. The van der Waals surface area contributed by atoms with E-state index in [1.54, 1.807) is 7.11 Å². The number of methoxy groups -OCH3 is 1. The Morgan fingerprint density at radius 3 is 2.32 bits per heavy atom. The standard InChI is InChI=1S/C17H24N2O2.ClH/c1-21-16-14-6-7-15(16)11-19(10-14)17(20)13-4-2-12(3-5-13)8-9-18;/h2-5,14-16H,6-11,18H2,1H3;1H/t14-,15+,16?;. The highest BCUT2D eigenvalue weighted by atomic mass is 35.5. The predicted molar refractivity (Wildman–Crippen MR) is 89.4 cm³/mol. The van der Waals surface area contributed by atoms with Crippen molar-refractivity contribution in [2.24, 2.45) is 17.6 Å². The fraction of sp³-hybridized carbons (Fsp3) is 0.588. The first-order valence-corrected chi connectivity index (χ1v) is 7.84. The van der Waals surface area contributed by atoms with Crippen LogP contribution >= 0.6 is 12.4 Å². The van der Waals surface area contributed by atoms with E-state index >= 15 is 0 Å². The smallest absolute Gasteiger partial charge is 0.253 e. The number of halogens is 1. The van der Waals surface area contributed by atoms with Crippen LogP contribution in [-0.2, 0) is 11.2 Å². The molecule has 4 nitrogen and oxygen atoms in total. The second kappa shape index (κ2) is 7.44. The summed E-state index contributed by atoms with van der Waals surface area (Å²) in [5.41, 5.74) is 7.52. The maximum Gasteiger partial charge on any atom is 0.253 e. The van der Waals surface area contributed by atoms with Crippen LogP contribution < -0.4 is 5.73 Å². The summed E-state index contributed by atoms with van der Waals surface area (Å²) in [4.78, 5) is 14.7. The molecule has 1 aliphatic carbocycles. The molecule has 1 heterocycles. The van der Waals surface area contributed by atoms with Crippen LogP contribution in [0.1, 0.15) is 28.8 Å². The van der Waals surface area contributed by atoms with Gasteiger partial charge in [0.25, 0.3) is 5.91 Å². The molecule has 5 heteroatoms. The van der Waals surface area contributed by atoms with E-state index < -0.39 is 0 Å². The molecule has 2 fully saturated rings. The maximum atomic E-state index is 12.6. The Morgan fingerprint density at radius 2 is 1.82 bits per heavy atom. The van der Waals surface area contributed by atoms with Crippen LogP contribution in [-0.4, -0.2) is 43.7 Å². The van der Waals surface area contributed by atoms with Gasteiger partial charge in [0.05, 0.1) is 6.10 Å². The van der Waals surface area contributed by atoms with E-state index in [4.69, 9.17) is 10.5 Å². The van der Waals surface area contributed by atoms with E-state index in [9.17, 15) is 4.79 Å². The van der Waals surface area contributed by atoms with Gasteiger partial charge in [0, 0.05) is 37.6 Å². The summed E-state index contributed by atoms with van der Waals surface area (Å²) in [6.07, 6.45) is 3.57. The molecule has 1 amide bonds. The molecule has 1 saturated heterocycles. The number of nitrogens with zero attached hydrogens (tertiary/aromatic N) is 1. The number of ether oxygens (including phenoxy) is 1. The quantitative estimate of drug-likeness (QED) is 0.923. The van der Waals surface area contributed by atoms with Gasteiger partial charge < -0.3 is 15.4 Å². The third-order valence-electron chi connectivity index (χ3n) is 4.94. The summed E-state index contributed by atoms with van der Waals surface area (Å²) in [5, 5.41) is 0. The van der Waals surface area contributed by atoms with Gasteiger partial charge >= 0.3 is 0 Å². The normalized spacial score (nSPS) is 26.6. The molecule has 1 unspecified atom stereocenters. The number of fused-ring (bicyclic) bond motifs is 2. The lowest BCUT2D eigenvalue weighted by Gasteiger charge is -2.37. The lowest BCUT2D eigenvalue weighted by Crippen LogP contribution is -2.48. The Morgan fingerprint density at radius 1 is 1.23 bits per heavy atom. The van der Waals surface area contributed by atoms with Crippen molar-refractivity contribution in [2.45, 2.75) is 25.4 Å². The van der Waals surface area contributed by atoms with Gasteiger partial charge in [-0.2, -0.15) is 0 Å². The number of hydrogen-bond donors (Lipinski definition) is 1. The van der Waals surface area contributed by atoms with Crippen LogP contribution in [0, 0.1) is 11.8 Å². The van der Waals surface area contributed by atoms with Gasteiger partial charge in [-0.1, -0.05) is 12.1 Å². The summed E-state index contributed by atoms with van der Waals surface area (Å²) in [7, 11) is 1.80. The summed E-state index contributed by atoms with van der Waals surface area (Å²) < 4.78 is 5.60. The van der Waals surface area contributed by atoms with Gasteiger partial charge in [0.15, 0.2) is 0 Å². The highest BCUT2D eigenvalue weighted by molar-refractivity contribution is 5.94. The SMILES string of the molecule is COC1[C@@H]2CC[C@H]1CN(C(=O)c1ccc(CCN)cc1)C2.Cl. The summed E-state index contributed by atoms with van der Waals surface area (Å²) in [6, 6.07) is 7.88. The number of carbonyl (C=O) groups excluding carboxylic acids is 1. The van der Waals surface area contributed by atoms with Gasteiger partial charge in [0.2, 0.25) is 0 Å².